The molecule has 1 atom stereocenters. The first-order valence-electron chi connectivity index (χ1n) is 11.5. The van der Waals surface area contributed by atoms with Crippen molar-refractivity contribution in [1.29, 1.82) is 0 Å². The van der Waals surface area contributed by atoms with Crippen LogP contribution < -0.4 is 20.1 Å². The van der Waals surface area contributed by atoms with E-state index in [0.717, 1.165) is 21.7 Å². The highest BCUT2D eigenvalue weighted by Crippen LogP contribution is 2.34. The highest BCUT2D eigenvalue weighted by atomic mass is 32.2. The largest absolute Gasteiger partial charge is 0.493 e. The number of ether oxygens (including phenoxy) is 2. The molecule has 9 heteroatoms. The first kappa shape index (κ1) is 26.2. The van der Waals surface area contributed by atoms with Crippen molar-refractivity contribution in [2.45, 2.75) is 24.0 Å². The van der Waals surface area contributed by atoms with Crippen LogP contribution in [0.4, 0.5) is 10.8 Å². The van der Waals surface area contributed by atoms with Crippen LogP contribution in [0, 0.1) is 6.92 Å². The second-order valence-electron chi connectivity index (χ2n) is 8.15. The smallest absolute Gasteiger partial charge is 0.255 e. The molecule has 0 saturated heterocycles. The molecule has 1 aromatic heterocycles. The Morgan fingerprint density at radius 2 is 1.68 bits per heavy atom. The molecular formula is C28H27N3O4S2. The number of nitrogens with one attached hydrogen (secondary N) is 2. The van der Waals surface area contributed by atoms with Gasteiger partial charge in [-0.1, -0.05) is 18.2 Å². The van der Waals surface area contributed by atoms with Gasteiger partial charge in [0.15, 0.2) is 16.6 Å². The molecule has 0 aliphatic rings. The summed E-state index contributed by atoms with van der Waals surface area (Å²) in [6.07, 6.45) is 0. The molecule has 1 heterocycles. The van der Waals surface area contributed by atoms with Crippen LogP contribution in [0.5, 0.6) is 11.5 Å². The van der Waals surface area contributed by atoms with Crippen LogP contribution in [0.2, 0.25) is 0 Å². The van der Waals surface area contributed by atoms with Gasteiger partial charge in [-0.15, -0.1) is 23.1 Å². The van der Waals surface area contributed by atoms with Crippen molar-refractivity contribution in [3.05, 3.63) is 83.2 Å². The van der Waals surface area contributed by atoms with Gasteiger partial charge in [-0.3, -0.25) is 9.59 Å². The summed E-state index contributed by atoms with van der Waals surface area (Å²) in [5, 5.41) is 7.88. The Labute approximate surface area is 224 Å². The van der Waals surface area contributed by atoms with Crippen LogP contribution in [0.1, 0.15) is 22.8 Å². The van der Waals surface area contributed by atoms with Crippen LogP contribution in [0.25, 0.3) is 11.3 Å². The third kappa shape index (κ3) is 6.49. The Kier molecular flexibility index (Phi) is 8.47. The second kappa shape index (κ2) is 11.9. The summed E-state index contributed by atoms with van der Waals surface area (Å²) in [5.74, 6) is 0.962. The van der Waals surface area contributed by atoms with E-state index >= 15 is 0 Å². The molecule has 3 aromatic carbocycles. The van der Waals surface area contributed by atoms with E-state index in [1.807, 2.05) is 79.9 Å². The number of aromatic nitrogens is 1. The Morgan fingerprint density at radius 3 is 2.38 bits per heavy atom. The molecule has 0 radical (unpaired) electrons. The molecule has 0 spiro atoms. The zero-order valence-corrected chi connectivity index (χ0v) is 22.5. The lowest BCUT2D eigenvalue weighted by atomic mass is 10.1. The average Bonchev–Trinajstić information content (AvgIpc) is 3.38. The summed E-state index contributed by atoms with van der Waals surface area (Å²) in [6.45, 7) is 3.75. The summed E-state index contributed by atoms with van der Waals surface area (Å²) < 4.78 is 10.7. The highest BCUT2D eigenvalue weighted by Gasteiger charge is 2.17. The van der Waals surface area contributed by atoms with Gasteiger partial charge in [0.2, 0.25) is 5.91 Å². The molecule has 0 bridgehead atoms. The Hall–Kier alpha value is -3.82. The van der Waals surface area contributed by atoms with Crippen LogP contribution in [0.15, 0.2) is 77.0 Å². The van der Waals surface area contributed by atoms with Crippen LogP contribution in [-0.2, 0) is 4.79 Å². The molecular weight excluding hydrogens is 506 g/mol. The van der Waals surface area contributed by atoms with Gasteiger partial charge in [0, 0.05) is 27.1 Å². The van der Waals surface area contributed by atoms with Crippen molar-refractivity contribution in [2.24, 2.45) is 0 Å². The zero-order chi connectivity index (χ0) is 26.4. The lowest BCUT2D eigenvalue weighted by Gasteiger charge is -2.12. The van der Waals surface area contributed by atoms with Gasteiger partial charge < -0.3 is 20.1 Å². The van der Waals surface area contributed by atoms with Crippen LogP contribution >= 0.6 is 23.1 Å². The molecule has 2 amide bonds. The predicted molar refractivity (Wildman–Crippen MR) is 150 cm³/mol. The molecule has 7 nitrogen and oxygen atoms in total. The molecule has 4 aromatic rings. The van der Waals surface area contributed by atoms with E-state index < -0.39 is 0 Å². The van der Waals surface area contributed by atoms with E-state index in [0.29, 0.717) is 27.9 Å². The number of amides is 2. The van der Waals surface area contributed by atoms with Gasteiger partial charge in [-0.05, 0) is 67.9 Å². The minimum atomic E-state index is -0.346. The molecule has 0 fully saturated rings. The molecule has 37 heavy (non-hydrogen) atoms. The predicted octanol–water partition coefficient (Wildman–Crippen LogP) is 6.51. The topological polar surface area (TPSA) is 89.6 Å². The number of methoxy groups -OCH3 is 2. The fraction of sp³-hybridized carbons (Fsp3) is 0.179. The summed E-state index contributed by atoms with van der Waals surface area (Å²) in [4.78, 5) is 30.8. The van der Waals surface area contributed by atoms with Gasteiger partial charge in [-0.25, -0.2) is 4.98 Å². The van der Waals surface area contributed by atoms with Gasteiger partial charge in [0.25, 0.3) is 5.91 Å². The fourth-order valence-electron chi connectivity index (χ4n) is 3.57. The molecule has 4 rings (SSSR count). The van der Waals surface area contributed by atoms with E-state index in [-0.39, 0.29) is 17.1 Å². The van der Waals surface area contributed by atoms with E-state index in [1.165, 1.54) is 23.1 Å². The summed E-state index contributed by atoms with van der Waals surface area (Å²) in [7, 11) is 3.18. The number of nitrogens with zero attached hydrogens (tertiary/aromatic N) is 1. The summed E-state index contributed by atoms with van der Waals surface area (Å²) in [6, 6.07) is 20.5. The number of hydrogen-bond donors (Lipinski definition) is 2. The normalized spacial score (nSPS) is 11.5. The van der Waals surface area contributed by atoms with Crippen molar-refractivity contribution in [3.63, 3.8) is 0 Å². The first-order chi connectivity index (χ1) is 17.9. The van der Waals surface area contributed by atoms with E-state index in [9.17, 15) is 9.59 Å². The molecule has 0 aliphatic carbocycles. The van der Waals surface area contributed by atoms with Crippen molar-refractivity contribution < 1.29 is 19.1 Å². The number of hydrogen-bond acceptors (Lipinski definition) is 7. The number of rotatable bonds is 9. The van der Waals surface area contributed by atoms with Gasteiger partial charge >= 0.3 is 0 Å². The number of benzene rings is 3. The van der Waals surface area contributed by atoms with Crippen molar-refractivity contribution in [3.8, 4) is 22.8 Å². The maximum absolute atomic E-state index is 12.8. The molecule has 2 N–H and O–H groups in total. The molecule has 190 valence electrons. The second-order valence-corrected chi connectivity index (χ2v) is 10.4. The van der Waals surface area contributed by atoms with Gasteiger partial charge in [0.1, 0.15) is 0 Å². The third-order valence-electron chi connectivity index (χ3n) is 5.60. The quantitative estimate of drug-likeness (QED) is 0.239. The van der Waals surface area contributed by atoms with E-state index in [2.05, 4.69) is 15.6 Å². The Balaban J connectivity index is 1.34. The number of carbonyl (C=O) groups is 2. The number of anilines is 2. The van der Waals surface area contributed by atoms with Gasteiger partial charge in [-0.2, -0.15) is 0 Å². The molecule has 0 aliphatic heterocycles. The number of carbonyl (C=O) groups excluding carboxylic acids is 2. The lowest BCUT2D eigenvalue weighted by molar-refractivity contribution is -0.115. The molecule has 1 unspecified atom stereocenters. The molecule has 0 saturated carbocycles. The van der Waals surface area contributed by atoms with E-state index in [4.69, 9.17) is 9.47 Å². The zero-order valence-electron chi connectivity index (χ0n) is 20.9. The van der Waals surface area contributed by atoms with Crippen LogP contribution in [0.3, 0.4) is 0 Å². The summed E-state index contributed by atoms with van der Waals surface area (Å²) >= 11 is 2.79. The highest BCUT2D eigenvalue weighted by molar-refractivity contribution is 8.00. The summed E-state index contributed by atoms with van der Waals surface area (Å²) in [5.41, 5.74) is 3.86. The average molecular weight is 534 g/mol. The number of thiazole rings is 1. The van der Waals surface area contributed by atoms with Crippen molar-refractivity contribution in [1.82, 2.24) is 4.98 Å². The van der Waals surface area contributed by atoms with Crippen molar-refractivity contribution >= 4 is 45.7 Å². The minimum Gasteiger partial charge on any atom is -0.493 e. The Bertz CT molecular complexity index is 1400. The Morgan fingerprint density at radius 1 is 0.946 bits per heavy atom. The van der Waals surface area contributed by atoms with Crippen molar-refractivity contribution in [2.75, 3.05) is 24.9 Å². The van der Waals surface area contributed by atoms with Crippen LogP contribution in [-0.4, -0.2) is 36.3 Å². The minimum absolute atomic E-state index is 0.143. The third-order valence-corrected chi connectivity index (χ3v) is 7.47. The number of thioether (sulfide) groups is 1. The lowest BCUT2D eigenvalue weighted by Crippen LogP contribution is -2.22. The maximum atomic E-state index is 12.8. The standard InChI is InChI=1S/C28H27N3O4S2/c1-17-7-5-6-8-22(17)27(33)29-20-10-12-21(13-11-20)37-18(2)26(32)31-28-30-23(16-36-28)19-9-14-24(34-3)25(15-19)35-4/h5-16,18H,1-4H3,(H,29,33)(H,30,31,32). The maximum Gasteiger partial charge on any atom is 0.255 e. The first-order valence-corrected chi connectivity index (χ1v) is 13.3. The monoisotopic (exact) mass is 533 g/mol. The fourth-order valence-corrected chi connectivity index (χ4v) is 5.16. The van der Waals surface area contributed by atoms with Gasteiger partial charge in [0.05, 0.1) is 25.2 Å². The SMILES string of the molecule is COc1ccc(-c2csc(NC(=O)C(C)Sc3ccc(NC(=O)c4ccccc4C)cc3)n2)cc1OC. The number of aryl methyl sites for hydroxylation is 1. The van der Waals surface area contributed by atoms with E-state index in [1.54, 1.807) is 20.3 Å².